The minimum absolute atomic E-state index is 0.442. The third-order valence-electron chi connectivity index (χ3n) is 8.01. The summed E-state index contributed by atoms with van der Waals surface area (Å²) in [5.41, 5.74) is 2.61. The van der Waals surface area contributed by atoms with E-state index < -0.39 is 63.2 Å². The number of aliphatic hydroxyl groups is 2. The molecule has 2 aromatic rings. The van der Waals surface area contributed by atoms with E-state index in [1.807, 2.05) is 48.5 Å². The van der Waals surface area contributed by atoms with E-state index >= 15 is 0 Å². The van der Waals surface area contributed by atoms with Crippen LogP contribution in [-0.4, -0.2) is 69.9 Å². The number of hydrogen-bond donors (Lipinski definition) is 2. The summed E-state index contributed by atoms with van der Waals surface area (Å²) in [5.74, 6) is 0. The van der Waals surface area contributed by atoms with Crippen molar-refractivity contribution >= 4 is 27.2 Å². The number of benzene rings is 2. The summed E-state index contributed by atoms with van der Waals surface area (Å²) in [6, 6.07) is 14.6. The Morgan fingerprint density at radius 1 is 0.688 bits per heavy atom. The van der Waals surface area contributed by atoms with Crippen LogP contribution >= 0.6 is 15.0 Å². The van der Waals surface area contributed by atoms with Crippen molar-refractivity contribution in [2.24, 2.45) is 0 Å². The number of carbonyl (C=O) groups is 2. The number of amides is 2. The van der Waals surface area contributed by atoms with Crippen molar-refractivity contribution in [2.45, 2.75) is 103 Å². The van der Waals surface area contributed by atoms with Gasteiger partial charge in [0, 0.05) is 14.2 Å². The maximum Gasteiger partial charge on any atom is 0.418 e. The highest BCUT2D eigenvalue weighted by atomic mass is 31.2. The van der Waals surface area contributed by atoms with Gasteiger partial charge in [-0.3, -0.25) is 9.13 Å². The normalized spacial score (nSPS) is 20.0. The molecule has 12 nitrogen and oxygen atoms in total. The van der Waals surface area contributed by atoms with Crippen LogP contribution in [0.2, 0.25) is 0 Å². The van der Waals surface area contributed by atoms with E-state index in [0.717, 1.165) is 57.3 Å². The fourth-order valence-corrected chi connectivity index (χ4v) is 8.70. The van der Waals surface area contributed by atoms with Crippen LogP contribution in [0.3, 0.4) is 0 Å². The summed E-state index contributed by atoms with van der Waals surface area (Å²) < 4.78 is 49.4. The second kappa shape index (κ2) is 16.3. The van der Waals surface area contributed by atoms with Crippen molar-refractivity contribution in [3.05, 3.63) is 70.8 Å². The fourth-order valence-electron chi connectivity index (χ4n) is 5.94. The van der Waals surface area contributed by atoms with Gasteiger partial charge in [-0.05, 0) is 102 Å². The summed E-state index contributed by atoms with van der Waals surface area (Å²) >= 11 is 0. The summed E-state index contributed by atoms with van der Waals surface area (Å²) in [5, 5.41) is 19.3. The molecule has 2 aromatic carbocycles. The number of nitrogens with zero attached hydrogens (tertiary/aromatic N) is 2. The Labute approximate surface area is 284 Å². The largest absolute Gasteiger partial charge is 0.443 e. The van der Waals surface area contributed by atoms with Crippen LogP contribution in [0, 0.1) is 0 Å². The Hall–Kier alpha value is -2.72. The number of hydrogen-bond acceptors (Lipinski definition) is 10. The predicted octanol–water partition coefficient (Wildman–Crippen LogP) is 8.18. The maximum absolute atomic E-state index is 13.0. The number of rotatable bonds is 8. The smallest absolute Gasteiger partial charge is 0.418 e. The molecule has 48 heavy (non-hydrogen) atoms. The van der Waals surface area contributed by atoms with Gasteiger partial charge >= 0.3 is 27.2 Å². The summed E-state index contributed by atoms with van der Waals surface area (Å²) in [7, 11) is -5.01. The Morgan fingerprint density at radius 2 is 1.02 bits per heavy atom. The molecule has 0 saturated heterocycles. The number of aliphatic hydroxyl groups excluding tert-OH is 2. The van der Waals surface area contributed by atoms with Gasteiger partial charge in [0.05, 0.1) is 12.1 Å². The number of carbonyl (C=O) groups excluding carboxylic acids is 2. The van der Waals surface area contributed by atoms with E-state index in [0.29, 0.717) is 12.8 Å². The van der Waals surface area contributed by atoms with Crippen LogP contribution < -0.4 is 0 Å². The Morgan fingerprint density at radius 3 is 1.31 bits per heavy atom. The topological polar surface area (TPSA) is 152 Å². The van der Waals surface area contributed by atoms with Crippen LogP contribution in [0.1, 0.15) is 102 Å². The number of aryl methyl sites for hydroxylation is 2. The second-order valence-corrected chi connectivity index (χ2v) is 18.5. The maximum atomic E-state index is 13.0. The first-order valence-electron chi connectivity index (χ1n) is 16.2. The third-order valence-corrected chi connectivity index (χ3v) is 12.1. The van der Waals surface area contributed by atoms with Gasteiger partial charge in [-0.25, -0.2) is 18.9 Å². The molecule has 0 spiro atoms. The molecule has 0 radical (unpaired) electrons. The predicted molar refractivity (Wildman–Crippen MR) is 184 cm³/mol. The molecule has 0 unspecified atom stereocenters. The molecule has 4 rings (SSSR count). The van der Waals surface area contributed by atoms with E-state index in [4.69, 9.17) is 18.5 Å². The Kier molecular flexibility index (Phi) is 13.5. The molecule has 0 heterocycles. The van der Waals surface area contributed by atoms with Gasteiger partial charge in [-0.2, -0.15) is 0 Å². The molecule has 0 fully saturated rings. The van der Waals surface area contributed by atoms with Crippen molar-refractivity contribution in [1.29, 1.82) is 0 Å². The first kappa shape index (κ1) is 39.7. The Balaban J connectivity index is 0.000000260. The molecule has 268 valence electrons. The van der Waals surface area contributed by atoms with E-state index in [9.17, 15) is 28.9 Å². The van der Waals surface area contributed by atoms with Crippen LogP contribution in [0.15, 0.2) is 48.5 Å². The van der Waals surface area contributed by atoms with Gasteiger partial charge in [-0.1, -0.05) is 48.5 Å². The van der Waals surface area contributed by atoms with E-state index in [1.54, 1.807) is 41.5 Å². The molecular formula is C34H52N2O10P2. The number of fused-ring (bicyclic) bond motifs is 2. The van der Waals surface area contributed by atoms with E-state index in [-0.39, 0.29) is 0 Å². The van der Waals surface area contributed by atoms with Crippen LogP contribution in [-0.2, 0) is 40.5 Å². The van der Waals surface area contributed by atoms with E-state index in [2.05, 4.69) is 0 Å². The first-order valence-corrected chi connectivity index (χ1v) is 19.7. The SMILES string of the molecule is CO[P@@](=O)(CO)N(C(=O)OC(C)(C)C)[C@H]1CCCc2ccccc21.CO[P@@](=O)(CO)N(C(=O)OC(C)(C)C)[C@H]1CCCc2ccccc21. The van der Waals surface area contributed by atoms with Crippen molar-refractivity contribution in [3.63, 3.8) is 0 Å². The lowest BCUT2D eigenvalue weighted by Gasteiger charge is -2.39. The molecule has 0 aromatic heterocycles. The van der Waals surface area contributed by atoms with Crippen molar-refractivity contribution < 1.29 is 47.5 Å². The molecule has 2 amide bonds. The lowest BCUT2D eigenvalue weighted by molar-refractivity contribution is 0.0274. The molecule has 14 heteroatoms. The average molecular weight is 711 g/mol. The van der Waals surface area contributed by atoms with Crippen LogP contribution in [0.25, 0.3) is 0 Å². The zero-order valence-corrected chi connectivity index (χ0v) is 31.2. The standard InChI is InChI=1S/2C17H26NO5P/c2*1-17(2,3)23-16(20)18(24(21,12-19)22-4)15-11-7-9-13-8-5-6-10-14(13)15/h2*5-6,8,10,15,19H,7,9,11-12H2,1-4H3/t2*15-,24-/m00/s1. The van der Waals surface area contributed by atoms with Gasteiger partial charge in [0.2, 0.25) is 0 Å². The second-order valence-electron chi connectivity index (χ2n) is 13.8. The molecule has 4 atom stereocenters. The zero-order valence-electron chi connectivity index (χ0n) is 29.4. The van der Waals surface area contributed by atoms with Crippen LogP contribution in [0.4, 0.5) is 9.59 Å². The highest BCUT2D eigenvalue weighted by molar-refractivity contribution is 7.57. The van der Waals surface area contributed by atoms with Crippen molar-refractivity contribution in [2.75, 3.05) is 26.9 Å². The van der Waals surface area contributed by atoms with Gasteiger partial charge in [-0.15, -0.1) is 0 Å². The fraction of sp³-hybridized carbons (Fsp3) is 0.588. The summed E-state index contributed by atoms with van der Waals surface area (Å²) in [6.07, 6.45) is 1.85. The third kappa shape index (κ3) is 9.71. The first-order chi connectivity index (χ1) is 22.4. The monoisotopic (exact) mass is 710 g/mol. The minimum Gasteiger partial charge on any atom is -0.443 e. The zero-order chi connectivity index (χ0) is 35.9. The van der Waals surface area contributed by atoms with Gasteiger partial charge in [0.25, 0.3) is 0 Å². The highest BCUT2D eigenvalue weighted by Crippen LogP contribution is 2.57. The van der Waals surface area contributed by atoms with Gasteiger partial charge < -0.3 is 28.7 Å². The highest BCUT2D eigenvalue weighted by Gasteiger charge is 2.45. The number of ether oxygens (including phenoxy) is 2. The van der Waals surface area contributed by atoms with E-state index in [1.165, 1.54) is 14.2 Å². The minimum atomic E-state index is -3.74. The average Bonchev–Trinajstić information content (AvgIpc) is 3.03. The van der Waals surface area contributed by atoms with Gasteiger partial charge in [0.15, 0.2) is 0 Å². The molecule has 0 aliphatic heterocycles. The molecule has 0 saturated carbocycles. The molecular weight excluding hydrogens is 658 g/mol. The lowest BCUT2D eigenvalue weighted by Crippen LogP contribution is -2.39. The molecule has 2 aliphatic rings. The van der Waals surface area contributed by atoms with Crippen molar-refractivity contribution in [3.8, 4) is 0 Å². The molecule has 0 bridgehead atoms. The lowest BCUT2D eigenvalue weighted by atomic mass is 9.88. The Bertz CT molecular complexity index is 1380. The molecule has 2 aliphatic carbocycles. The van der Waals surface area contributed by atoms with Crippen molar-refractivity contribution in [1.82, 2.24) is 9.34 Å². The molecule has 2 N–H and O–H groups in total. The summed E-state index contributed by atoms with van der Waals surface area (Å²) in [6.45, 7) is 10.5. The quantitative estimate of drug-likeness (QED) is 0.257. The van der Waals surface area contributed by atoms with Gasteiger partial charge in [0.1, 0.15) is 23.9 Å². The van der Waals surface area contributed by atoms with Crippen LogP contribution in [0.5, 0.6) is 0 Å². The summed E-state index contributed by atoms with van der Waals surface area (Å²) in [4.78, 5) is 25.5.